The van der Waals surface area contributed by atoms with Crippen LogP contribution in [0.25, 0.3) is 0 Å². The van der Waals surface area contributed by atoms with Crippen molar-refractivity contribution in [1.82, 2.24) is 10.1 Å². The third kappa shape index (κ3) is 4.32. The van der Waals surface area contributed by atoms with Crippen molar-refractivity contribution in [2.24, 2.45) is 11.8 Å². The SMILES string of the molecule is O=C(c1cc(COc2ccc(F)cc2Cl)on1)N1CC[C@@H](C2CCCCC2)C1. The van der Waals surface area contributed by atoms with Crippen molar-refractivity contribution in [3.63, 3.8) is 0 Å². The maximum atomic E-state index is 13.1. The van der Waals surface area contributed by atoms with Crippen LogP contribution < -0.4 is 4.74 Å². The highest BCUT2D eigenvalue weighted by atomic mass is 35.5. The average molecular weight is 407 g/mol. The minimum Gasteiger partial charge on any atom is -0.484 e. The maximum absolute atomic E-state index is 13.1. The van der Waals surface area contributed by atoms with Crippen LogP contribution in [-0.2, 0) is 6.61 Å². The molecule has 1 aromatic heterocycles. The van der Waals surface area contributed by atoms with Crippen LogP contribution in [0.1, 0.15) is 54.8 Å². The summed E-state index contributed by atoms with van der Waals surface area (Å²) in [7, 11) is 0. The van der Waals surface area contributed by atoms with Gasteiger partial charge in [-0.25, -0.2) is 4.39 Å². The van der Waals surface area contributed by atoms with E-state index in [0.717, 1.165) is 25.4 Å². The first-order chi connectivity index (χ1) is 13.6. The van der Waals surface area contributed by atoms with Crippen molar-refractivity contribution in [3.8, 4) is 5.75 Å². The van der Waals surface area contributed by atoms with Gasteiger partial charge in [0, 0.05) is 19.2 Å². The summed E-state index contributed by atoms with van der Waals surface area (Å²) in [6.07, 6.45) is 7.65. The summed E-state index contributed by atoms with van der Waals surface area (Å²) < 4.78 is 23.9. The molecule has 4 rings (SSSR count). The highest BCUT2D eigenvalue weighted by Crippen LogP contribution is 2.35. The van der Waals surface area contributed by atoms with Gasteiger partial charge in [-0.05, 0) is 36.5 Å². The number of amides is 1. The van der Waals surface area contributed by atoms with Gasteiger partial charge in [-0.15, -0.1) is 0 Å². The van der Waals surface area contributed by atoms with Gasteiger partial charge >= 0.3 is 0 Å². The summed E-state index contributed by atoms with van der Waals surface area (Å²) in [5.74, 6) is 1.62. The van der Waals surface area contributed by atoms with E-state index in [1.165, 1.54) is 50.3 Å². The van der Waals surface area contributed by atoms with Crippen LogP contribution in [-0.4, -0.2) is 29.1 Å². The molecule has 0 unspecified atom stereocenters. The van der Waals surface area contributed by atoms with Crippen molar-refractivity contribution in [2.75, 3.05) is 13.1 Å². The number of nitrogens with zero attached hydrogens (tertiary/aromatic N) is 2. The second kappa shape index (κ2) is 8.52. The molecule has 2 aromatic rings. The predicted octanol–water partition coefficient (Wildman–Crippen LogP) is 5.09. The minimum absolute atomic E-state index is 0.0658. The third-order valence-corrected chi connectivity index (χ3v) is 6.17. The van der Waals surface area contributed by atoms with Gasteiger partial charge in [0.15, 0.2) is 11.5 Å². The molecular weight excluding hydrogens is 383 g/mol. The van der Waals surface area contributed by atoms with Crippen LogP contribution in [0.3, 0.4) is 0 Å². The number of hydrogen-bond donors (Lipinski definition) is 0. The lowest BCUT2D eigenvalue weighted by atomic mass is 9.80. The molecule has 0 radical (unpaired) electrons. The summed E-state index contributed by atoms with van der Waals surface area (Å²) >= 11 is 5.94. The lowest BCUT2D eigenvalue weighted by molar-refractivity contribution is 0.0769. The van der Waals surface area contributed by atoms with E-state index in [1.54, 1.807) is 6.07 Å². The van der Waals surface area contributed by atoms with Crippen LogP contribution >= 0.6 is 11.6 Å². The summed E-state index contributed by atoms with van der Waals surface area (Å²) in [4.78, 5) is 14.6. The molecule has 0 N–H and O–H groups in total. The first-order valence-corrected chi connectivity index (χ1v) is 10.3. The normalized spacial score (nSPS) is 20.5. The zero-order valence-electron chi connectivity index (χ0n) is 15.7. The second-order valence-electron chi connectivity index (χ2n) is 7.74. The molecule has 1 amide bonds. The predicted molar refractivity (Wildman–Crippen MR) is 103 cm³/mol. The van der Waals surface area contributed by atoms with Gasteiger partial charge in [-0.3, -0.25) is 4.79 Å². The van der Waals surface area contributed by atoms with Crippen molar-refractivity contribution >= 4 is 17.5 Å². The van der Waals surface area contributed by atoms with Crippen LogP contribution in [0, 0.1) is 17.7 Å². The Bertz CT molecular complexity index is 835. The number of benzene rings is 1. The van der Waals surface area contributed by atoms with E-state index >= 15 is 0 Å². The van der Waals surface area contributed by atoms with Crippen molar-refractivity contribution in [1.29, 1.82) is 0 Å². The number of rotatable bonds is 5. The highest BCUT2D eigenvalue weighted by Gasteiger charge is 2.33. The Morgan fingerprint density at radius 2 is 2.04 bits per heavy atom. The lowest BCUT2D eigenvalue weighted by Gasteiger charge is -2.27. The standard InChI is InChI=1S/C21H24ClFN2O3/c22-18-10-16(23)6-7-20(18)27-13-17-11-19(24-28-17)21(26)25-9-8-15(12-25)14-4-2-1-3-5-14/h6-7,10-11,14-15H,1-5,8-9,12-13H2/t15-/m1/s1. The zero-order chi connectivity index (χ0) is 19.5. The quantitative estimate of drug-likeness (QED) is 0.694. The molecule has 1 saturated carbocycles. The summed E-state index contributed by atoms with van der Waals surface area (Å²) in [6.45, 7) is 1.66. The Labute approximate surface area is 168 Å². The van der Waals surface area contributed by atoms with Crippen LogP contribution in [0.2, 0.25) is 5.02 Å². The van der Waals surface area contributed by atoms with Crippen LogP contribution in [0.15, 0.2) is 28.8 Å². The number of hydrogen-bond acceptors (Lipinski definition) is 4. The molecule has 7 heteroatoms. The summed E-state index contributed by atoms with van der Waals surface area (Å²) in [5, 5.41) is 4.09. The van der Waals surface area contributed by atoms with Gasteiger partial charge < -0.3 is 14.2 Å². The first-order valence-electron chi connectivity index (χ1n) is 9.93. The Morgan fingerprint density at radius 1 is 1.21 bits per heavy atom. The van der Waals surface area contributed by atoms with E-state index < -0.39 is 5.82 Å². The van der Waals surface area contributed by atoms with Gasteiger partial charge in [-0.1, -0.05) is 48.9 Å². The van der Waals surface area contributed by atoms with Crippen LogP contribution in [0.4, 0.5) is 4.39 Å². The molecule has 2 aliphatic rings. The van der Waals surface area contributed by atoms with Gasteiger partial charge in [0.2, 0.25) is 0 Å². The Hall–Kier alpha value is -2.08. The van der Waals surface area contributed by atoms with Crippen molar-refractivity contribution in [2.45, 2.75) is 45.1 Å². The molecule has 28 heavy (non-hydrogen) atoms. The number of halogens is 2. The minimum atomic E-state index is -0.429. The fourth-order valence-electron chi connectivity index (χ4n) is 4.35. The fourth-order valence-corrected chi connectivity index (χ4v) is 4.57. The Morgan fingerprint density at radius 3 is 2.82 bits per heavy atom. The smallest absolute Gasteiger partial charge is 0.276 e. The van der Waals surface area contributed by atoms with Gasteiger partial charge in [0.1, 0.15) is 18.2 Å². The monoisotopic (exact) mass is 406 g/mol. The summed E-state index contributed by atoms with van der Waals surface area (Å²) in [5.41, 5.74) is 0.299. The van der Waals surface area contributed by atoms with E-state index in [0.29, 0.717) is 23.1 Å². The van der Waals surface area contributed by atoms with Gasteiger partial charge in [0.25, 0.3) is 5.91 Å². The molecule has 1 saturated heterocycles. The largest absolute Gasteiger partial charge is 0.484 e. The fraction of sp³-hybridized carbons (Fsp3) is 0.524. The Balaban J connectivity index is 1.33. The topological polar surface area (TPSA) is 55.6 Å². The molecule has 5 nitrogen and oxygen atoms in total. The third-order valence-electron chi connectivity index (χ3n) is 5.87. The number of aromatic nitrogens is 1. The highest BCUT2D eigenvalue weighted by molar-refractivity contribution is 6.32. The maximum Gasteiger partial charge on any atom is 0.276 e. The number of carbonyl (C=O) groups excluding carboxylic acids is 1. The molecule has 2 heterocycles. The molecule has 0 bridgehead atoms. The van der Waals surface area contributed by atoms with Gasteiger partial charge in [0.05, 0.1) is 5.02 Å². The molecule has 2 fully saturated rings. The first kappa shape index (κ1) is 19.2. The van der Waals surface area contributed by atoms with Crippen LogP contribution in [0.5, 0.6) is 5.75 Å². The zero-order valence-corrected chi connectivity index (χ0v) is 16.5. The Kier molecular flexibility index (Phi) is 5.85. The van der Waals surface area contributed by atoms with Crippen molar-refractivity contribution < 1.29 is 18.4 Å². The van der Waals surface area contributed by atoms with E-state index in [-0.39, 0.29) is 17.5 Å². The van der Waals surface area contributed by atoms with Gasteiger partial charge in [-0.2, -0.15) is 0 Å². The average Bonchev–Trinajstić information content (AvgIpc) is 3.37. The van der Waals surface area contributed by atoms with Crippen molar-refractivity contribution in [3.05, 3.63) is 46.6 Å². The van der Waals surface area contributed by atoms with E-state index in [9.17, 15) is 9.18 Å². The molecule has 1 aromatic carbocycles. The molecular formula is C21H24ClFN2O3. The molecule has 1 atom stereocenters. The molecule has 150 valence electrons. The molecule has 1 aliphatic carbocycles. The molecule has 1 aliphatic heterocycles. The number of ether oxygens (including phenoxy) is 1. The number of carbonyl (C=O) groups is 1. The van der Waals surface area contributed by atoms with E-state index in [4.69, 9.17) is 20.9 Å². The summed E-state index contributed by atoms with van der Waals surface area (Å²) in [6, 6.07) is 5.51. The molecule has 0 spiro atoms. The van der Waals surface area contributed by atoms with E-state index in [1.807, 2.05) is 4.90 Å². The lowest BCUT2D eigenvalue weighted by Crippen LogP contribution is -2.30. The van der Waals surface area contributed by atoms with E-state index in [2.05, 4.69) is 5.16 Å². The number of likely N-dealkylation sites (tertiary alicyclic amines) is 1. The second-order valence-corrected chi connectivity index (χ2v) is 8.15.